The summed E-state index contributed by atoms with van der Waals surface area (Å²) in [5, 5.41) is 8.69. The Kier molecular flexibility index (Phi) is 4.57. The number of aliphatic carboxylic acids is 1. The molecular weight excluding hydrogens is 302 g/mol. The van der Waals surface area contributed by atoms with Crippen LogP contribution in [0.2, 0.25) is 0 Å². The highest BCUT2D eigenvalue weighted by Gasteiger charge is 2.40. The van der Waals surface area contributed by atoms with Crippen molar-refractivity contribution in [3.8, 4) is 5.88 Å². The van der Waals surface area contributed by atoms with Crippen molar-refractivity contribution in [2.75, 3.05) is 24.6 Å². The van der Waals surface area contributed by atoms with Crippen LogP contribution in [0.15, 0.2) is 0 Å². The Morgan fingerprint density at radius 1 is 1.35 bits per heavy atom. The zero-order chi connectivity index (χ0) is 17.2. The van der Waals surface area contributed by atoms with E-state index in [0.717, 1.165) is 0 Å². The molecule has 9 heteroatoms. The van der Waals surface area contributed by atoms with Gasteiger partial charge in [-0.05, 0) is 13.8 Å². The van der Waals surface area contributed by atoms with Gasteiger partial charge in [0.15, 0.2) is 0 Å². The second-order valence-corrected chi connectivity index (χ2v) is 5.78. The van der Waals surface area contributed by atoms with E-state index in [1.54, 1.807) is 4.90 Å². The Balaban J connectivity index is 2.08. The Bertz CT molecular complexity index is 636. The van der Waals surface area contributed by atoms with Gasteiger partial charge < -0.3 is 26.2 Å². The molecule has 1 atom stereocenters. The summed E-state index contributed by atoms with van der Waals surface area (Å²) in [5.74, 6) is -0.573. The van der Waals surface area contributed by atoms with Crippen LogP contribution in [-0.4, -0.2) is 50.5 Å². The first-order valence-corrected chi connectivity index (χ1v) is 7.34. The second-order valence-electron chi connectivity index (χ2n) is 5.78. The Labute approximate surface area is 133 Å². The first kappa shape index (κ1) is 16.8. The molecule has 0 aliphatic carbocycles. The number of carboxylic acid groups (broad SMARTS) is 1. The van der Waals surface area contributed by atoms with E-state index in [-0.39, 0.29) is 30.5 Å². The van der Waals surface area contributed by atoms with Crippen molar-refractivity contribution in [3.63, 3.8) is 0 Å². The average molecular weight is 323 g/mol. The van der Waals surface area contributed by atoms with Crippen molar-refractivity contribution in [1.29, 1.82) is 0 Å². The van der Waals surface area contributed by atoms with Crippen molar-refractivity contribution in [2.45, 2.75) is 38.7 Å². The van der Waals surface area contributed by atoms with Gasteiger partial charge in [0, 0.05) is 19.4 Å². The zero-order valence-electron chi connectivity index (χ0n) is 13.2. The van der Waals surface area contributed by atoms with Crippen molar-refractivity contribution >= 4 is 23.6 Å². The van der Waals surface area contributed by atoms with Gasteiger partial charge in [-0.2, -0.15) is 9.97 Å². The summed E-state index contributed by atoms with van der Waals surface area (Å²) in [6, 6.07) is 0. The van der Waals surface area contributed by atoms with Gasteiger partial charge in [0.1, 0.15) is 11.4 Å². The quantitative estimate of drug-likeness (QED) is 0.665. The number of ether oxygens (including phenoxy) is 1. The standard InChI is InChI=1S/C14H21N5O4/c1-3-19(9(20)4-5-10(21)22)7-14(2)6-8-11(15)17-13(16)18-12(8)23-14/h3-7H2,1-2H3,(H,21,22)(H4,15,16,17,18). The van der Waals surface area contributed by atoms with Crippen LogP contribution in [0.25, 0.3) is 0 Å². The fourth-order valence-corrected chi connectivity index (χ4v) is 2.63. The zero-order valence-corrected chi connectivity index (χ0v) is 13.2. The molecule has 9 nitrogen and oxygen atoms in total. The van der Waals surface area contributed by atoms with E-state index in [4.69, 9.17) is 21.3 Å². The smallest absolute Gasteiger partial charge is 0.303 e. The SMILES string of the molecule is CCN(CC1(C)Cc2c(N)nc(N)nc2O1)C(=O)CCC(=O)O. The largest absolute Gasteiger partial charge is 0.481 e. The maximum absolute atomic E-state index is 12.1. The van der Waals surface area contributed by atoms with Crippen molar-refractivity contribution < 1.29 is 19.4 Å². The lowest BCUT2D eigenvalue weighted by Crippen LogP contribution is -2.46. The van der Waals surface area contributed by atoms with Gasteiger partial charge in [-0.3, -0.25) is 9.59 Å². The first-order valence-electron chi connectivity index (χ1n) is 7.34. The van der Waals surface area contributed by atoms with Gasteiger partial charge in [-0.25, -0.2) is 0 Å². The van der Waals surface area contributed by atoms with Crippen LogP contribution < -0.4 is 16.2 Å². The predicted molar refractivity (Wildman–Crippen MR) is 82.7 cm³/mol. The number of amides is 1. The number of hydrogen-bond donors (Lipinski definition) is 3. The van der Waals surface area contributed by atoms with E-state index < -0.39 is 11.6 Å². The molecule has 0 aromatic carbocycles. The topological polar surface area (TPSA) is 145 Å². The summed E-state index contributed by atoms with van der Waals surface area (Å²) >= 11 is 0. The Hall–Kier alpha value is -2.58. The van der Waals surface area contributed by atoms with Gasteiger partial charge in [0.2, 0.25) is 17.7 Å². The highest BCUT2D eigenvalue weighted by Crippen LogP contribution is 2.37. The minimum atomic E-state index is -0.997. The molecule has 2 rings (SSSR count). The molecule has 1 amide bonds. The molecule has 1 aliphatic rings. The third kappa shape index (κ3) is 3.79. The molecule has 0 radical (unpaired) electrons. The van der Waals surface area contributed by atoms with Crippen LogP contribution in [0.4, 0.5) is 11.8 Å². The summed E-state index contributed by atoms with van der Waals surface area (Å²) in [6.07, 6.45) is 0.223. The van der Waals surface area contributed by atoms with E-state index >= 15 is 0 Å². The van der Waals surface area contributed by atoms with Gasteiger partial charge in [-0.15, -0.1) is 0 Å². The molecule has 126 valence electrons. The molecule has 0 fully saturated rings. The molecule has 1 aromatic heterocycles. The minimum absolute atomic E-state index is 0.0374. The molecule has 23 heavy (non-hydrogen) atoms. The number of nitrogens with two attached hydrogens (primary N) is 2. The summed E-state index contributed by atoms with van der Waals surface area (Å²) in [6.45, 7) is 4.43. The highest BCUT2D eigenvalue weighted by atomic mass is 16.5. The number of fused-ring (bicyclic) bond motifs is 1. The number of nitrogens with zero attached hydrogens (tertiary/aromatic N) is 3. The van der Waals surface area contributed by atoms with Gasteiger partial charge in [0.05, 0.1) is 18.5 Å². The summed E-state index contributed by atoms with van der Waals surface area (Å²) in [5.41, 5.74) is 11.4. The molecule has 0 saturated heterocycles. The fraction of sp³-hybridized carbons (Fsp3) is 0.571. The molecule has 2 heterocycles. The van der Waals surface area contributed by atoms with E-state index in [0.29, 0.717) is 31.0 Å². The first-order chi connectivity index (χ1) is 10.7. The number of aromatic nitrogens is 2. The van der Waals surface area contributed by atoms with E-state index in [1.807, 2.05) is 13.8 Å². The molecule has 1 aromatic rings. The van der Waals surface area contributed by atoms with E-state index in [9.17, 15) is 9.59 Å². The van der Waals surface area contributed by atoms with Crippen molar-refractivity contribution in [1.82, 2.24) is 14.9 Å². The maximum atomic E-state index is 12.1. The number of nitrogen functional groups attached to an aromatic ring is 2. The molecular formula is C14H21N5O4. The summed E-state index contributed by atoms with van der Waals surface area (Å²) < 4.78 is 5.84. The number of likely N-dealkylation sites (N-methyl/N-ethyl adjacent to an activating group) is 1. The van der Waals surface area contributed by atoms with Gasteiger partial charge in [0.25, 0.3) is 0 Å². The molecule has 0 saturated carbocycles. The molecule has 0 bridgehead atoms. The van der Waals surface area contributed by atoms with E-state index in [2.05, 4.69) is 9.97 Å². The number of hydrogen-bond acceptors (Lipinski definition) is 7. The Morgan fingerprint density at radius 2 is 2.04 bits per heavy atom. The maximum Gasteiger partial charge on any atom is 0.303 e. The van der Waals surface area contributed by atoms with Crippen LogP contribution >= 0.6 is 0 Å². The fourth-order valence-electron chi connectivity index (χ4n) is 2.63. The molecule has 1 aliphatic heterocycles. The third-order valence-corrected chi connectivity index (χ3v) is 3.72. The van der Waals surface area contributed by atoms with Gasteiger partial charge in [-0.1, -0.05) is 0 Å². The minimum Gasteiger partial charge on any atom is -0.481 e. The van der Waals surface area contributed by atoms with E-state index in [1.165, 1.54) is 0 Å². The van der Waals surface area contributed by atoms with Crippen molar-refractivity contribution in [2.24, 2.45) is 0 Å². The number of carboxylic acids is 1. The van der Waals surface area contributed by atoms with Crippen LogP contribution in [0, 0.1) is 0 Å². The van der Waals surface area contributed by atoms with Crippen LogP contribution in [-0.2, 0) is 16.0 Å². The second kappa shape index (κ2) is 6.27. The molecule has 1 unspecified atom stereocenters. The van der Waals surface area contributed by atoms with Gasteiger partial charge >= 0.3 is 5.97 Å². The normalized spacial score (nSPS) is 19.0. The number of rotatable bonds is 6. The summed E-state index contributed by atoms with van der Waals surface area (Å²) in [4.78, 5) is 32.3. The summed E-state index contributed by atoms with van der Waals surface area (Å²) in [7, 11) is 0. The lowest BCUT2D eigenvalue weighted by molar-refractivity contribution is -0.141. The lowest BCUT2D eigenvalue weighted by Gasteiger charge is -2.31. The number of anilines is 2. The monoisotopic (exact) mass is 323 g/mol. The number of carbonyl (C=O) groups excluding carboxylic acids is 1. The lowest BCUT2D eigenvalue weighted by atomic mass is 9.99. The highest BCUT2D eigenvalue weighted by molar-refractivity contribution is 5.80. The Morgan fingerprint density at radius 3 is 2.65 bits per heavy atom. The van der Waals surface area contributed by atoms with Crippen molar-refractivity contribution in [3.05, 3.63) is 5.56 Å². The van der Waals surface area contributed by atoms with Crippen LogP contribution in [0.3, 0.4) is 0 Å². The molecule has 5 N–H and O–H groups in total. The average Bonchev–Trinajstić information content (AvgIpc) is 2.79. The molecule has 0 spiro atoms. The number of carbonyl (C=O) groups is 2. The van der Waals surface area contributed by atoms with Crippen LogP contribution in [0.1, 0.15) is 32.3 Å². The third-order valence-electron chi connectivity index (χ3n) is 3.72. The van der Waals surface area contributed by atoms with Crippen LogP contribution in [0.5, 0.6) is 5.88 Å². The predicted octanol–water partition coefficient (Wildman–Crippen LogP) is 0.0479.